The SMILES string of the molecule is CCCNC(Cc1ncnn1CC(C)C)c1ccc(Br)s1. The van der Waals surface area contributed by atoms with Crippen LogP contribution in [0.5, 0.6) is 0 Å². The second-order valence-corrected chi connectivity index (χ2v) is 8.10. The van der Waals surface area contributed by atoms with Gasteiger partial charge < -0.3 is 5.32 Å². The van der Waals surface area contributed by atoms with Crippen LogP contribution in [-0.2, 0) is 13.0 Å². The van der Waals surface area contributed by atoms with E-state index in [-0.39, 0.29) is 0 Å². The van der Waals surface area contributed by atoms with Gasteiger partial charge in [-0.25, -0.2) is 9.67 Å². The quantitative estimate of drug-likeness (QED) is 0.762. The Morgan fingerprint density at radius 1 is 1.38 bits per heavy atom. The summed E-state index contributed by atoms with van der Waals surface area (Å²) in [6.45, 7) is 8.53. The van der Waals surface area contributed by atoms with Crippen molar-refractivity contribution in [3.05, 3.63) is 32.9 Å². The van der Waals surface area contributed by atoms with Crippen LogP contribution < -0.4 is 5.32 Å². The van der Waals surface area contributed by atoms with Gasteiger partial charge in [0.25, 0.3) is 0 Å². The van der Waals surface area contributed by atoms with E-state index in [1.54, 1.807) is 17.7 Å². The molecule has 4 nitrogen and oxygen atoms in total. The molecule has 0 fully saturated rings. The Balaban J connectivity index is 2.13. The van der Waals surface area contributed by atoms with Crippen LogP contribution >= 0.6 is 27.3 Å². The third-order valence-corrected chi connectivity index (χ3v) is 4.94. The van der Waals surface area contributed by atoms with E-state index in [4.69, 9.17) is 0 Å². The van der Waals surface area contributed by atoms with E-state index in [0.717, 1.165) is 31.8 Å². The van der Waals surface area contributed by atoms with Crippen LogP contribution in [0.15, 0.2) is 22.2 Å². The second-order valence-electron chi connectivity index (χ2n) is 5.60. The highest BCUT2D eigenvalue weighted by Gasteiger charge is 2.17. The smallest absolute Gasteiger partial charge is 0.138 e. The predicted octanol–water partition coefficient (Wildman–Crippen LogP) is 4.04. The van der Waals surface area contributed by atoms with E-state index in [1.165, 1.54) is 8.66 Å². The van der Waals surface area contributed by atoms with Crippen molar-refractivity contribution in [1.29, 1.82) is 0 Å². The fourth-order valence-corrected chi connectivity index (χ4v) is 3.73. The molecule has 0 aliphatic rings. The average molecular weight is 371 g/mol. The minimum absolute atomic E-state index is 0.302. The monoisotopic (exact) mass is 370 g/mol. The molecule has 0 radical (unpaired) electrons. The number of nitrogens with one attached hydrogen (secondary N) is 1. The molecule has 6 heteroatoms. The van der Waals surface area contributed by atoms with Crippen LogP contribution in [0.1, 0.15) is 43.9 Å². The van der Waals surface area contributed by atoms with Gasteiger partial charge in [0.1, 0.15) is 12.2 Å². The lowest BCUT2D eigenvalue weighted by Gasteiger charge is -2.17. The summed E-state index contributed by atoms with van der Waals surface area (Å²) in [6.07, 6.45) is 3.67. The Kier molecular flexibility index (Phi) is 6.39. The third kappa shape index (κ3) is 4.90. The lowest BCUT2D eigenvalue weighted by molar-refractivity contribution is 0.445. The summed E-state index contributed by atoms with van der Waals surface area (Å²) in [7, 11) is 0. The Morgan fingerprint density at radius 2 is 2.19 bits per heavy atom. The topological polar surface area (TPSA) is 42.7 Å². The van der Waals surface area contributed by atoms with Gasteiger partial charge in [-0.15, -0.1) is 11.3 Å². The summed E-state index contributed by atoms with van der Waals surface area (Å²) in [6, 6.07) is 4.60. The molecule has 2 aromatic rings. The number of rotatable bonds is 8. The minimum Gasteiger partial charge on any atom is -0.309 e. The Hall–Kier alpha value is -0.720. The summed E-state index contributed by atoms with van der Waals surface area (Å²) in [5.74, 6) is 1.63. The first-order valence-electron chi connectivity index (χ1n) is 7.45. The average Bonchev–Trinajstić information content (AvgIpc) is 3.03. The molecule has 2 rings (SSSR count). The zero-order valence-corrected chi connectivity index (χ0v) is 15.2. The summed E-state index contributed by atoms with van der Waals surface area (Å²) >= 11 is 5.34. The van der Waals surface area contributed by atoms with Crippen LogP contribution in [-0.4, -0.2) is 21.3 Å². The highest BCUT2D eigenvalue weighted by Crippen LogP contribution is 2.29. The molecule has 1 N–H and O–H groups in total. The number of hydrogen-bond acceptors (Lipinski definition) is 4. The number of halogens is 1. The molecule has 2 heterocycles. The Morgan fingerprint density at radius 3 is 2.81 bits per heavy atom. The van der Waals surface area contributed by atoms with Crippen molar-refractivity contribution in [3.8, 4) is 0 Å². The van der Waals surface area contributed by atoms with Crippen LogP contribution in [0, 0.1) is 5.92 Å². The normalized spacial score (nSPS) is 13.0. The molecule has 0 spiro atoms. The predicted molar refractivity (Wildman–Crippen MR) is 91.6 cm³/mol. The molecule has 0 aromatic carbocycles. The summed E-state index contributed by atoms with van der Waals surface area (Å²) < 4.78 is 3.21. The van der Waals surface area contributed by atoms with E-state index >= 15 is 0 Å². The first-order valence-corrected chi connectivity index (χ1v) is 9.06. The lowest BCUT2D eigenvalue weighted by Crippen LogP contribution is -2.25. The number of thiophene rings is 1. The minimum atomic E-state index is 0.302. The van der Waals surface area contributed by atoms with E-state index in [2.05, 4.69) is 64.2 Å². The first kappa shape index (κ1) is 16.6. The molecule has 21 heavy (non-hydrogen) atoms. The number of nitrogens with zero attached hydrogens (tertiary/aromatic N) is 3. The van der Waals surface area contributed by atoms with Crippen LogP contribution in [0.4, 0.5) is 0 Å². The standard InChI is InChI=1S/C15H23BrN4S/c1-4-7-17-12(13-5-6-14(16)21-13)8-15-18-10-19-20(15)9-11(2)3/h5-6,10-12,17H,4,7-9H2,1-3H3. The van der Waals surface area contributed by atoms with E-state index < -0.39 is 0 Å². The van der Waals surface area contributed by atoms with Gasteiger partial charge in [0.05, 0.1) is 3.79 Å². The van der Waals surface area contributed by atoms with Gasteiger partial charge >= 0.3 is 0 Å². The summed E-state index contributed by atoms with van der Waals surface area (Å²) in [4.78, 5) is 5.80. The maximum absolute atomic E-state index is 4.45. The number of hydrogen-bond donors (Lipinski definition) is 1. The molecule has 2 aromatic heterocycles. The van der Waals surface area contributed by atoms with Gasteiger partial charge in [0.15, 0.2) is 0 Å². The van der Waals surface area contributed by atoms with Gasteiger partial charge in [-0.2, -0.15) is 5.10 Å². The molecule has 0 amide bonds. The summed E-state index contributed by atoms with van der Waals surface area (Å²) in [5, 5.41) is 7.99. The Labute approximate surface area is 139 Å². The van der Waals surface area contributed by atoms with Gasteiger partial charge in [0.2, 0.25) is 0 Å². The highest BCUT2D eigenvalue weighted by atomic mass is 79.9. The molecular formula is C15H23BrN4S. The largest absolute Gasteiger partial charge is 0.309 e. The fourth-order valence-electron chi connectivity index (χ4n) is 2.23. The van der Waals surface area contributed by atoms with Crippen molar-refractivity contribution in [2.45, 2.75) is 46.2 Å². The van der Waals surface area contributed by atoms with E-state index in [9.17, 15) is 0 Å². The third-order valence-electron chi connectivity index (χ3n) is 3.20. The molecule has 1 atom stereocenters. The van der Waals surface area contributed by atoms with Crippen molar-refractivity contribution < 1.29 is 0 Å². The zero-order chi connectivity index (χ0) is 15.2. The van der Waals surface area contributed by atoms with E-state index in [1.807, 2.05) is 4.68 Å². The molecule has 0 aliphatic carbocycles. The maximum atomic E-state index is 4.45. The fraction of sp³-hybridized carbons (Fsp3) is 0.600. The molecule has 1 unspecified atom stereocenters. The number of aromatic nitrogens is 3. The highest BCUT2D eigenvalue weighted by molar-refractivity contribution is 9.11. The maximum Gasteiger partial charge on any atom is 0.138 e. The van der Waals surface area contributed by atoms with Crippen molar-refractivity contribution >= 4 is 27.3 Å². The van der Waals surface area contributed by atoms with Gasteiger partial charge in [-0.1, -0.05) is 20.8 Å². The van der Waals surface area contributed by atoms with Gasteiger partial charge in [-0.05, 0) is 46.9 Å². The molecule has 0 aliphatic heterocycles. The summed E-state index contributed by atoms with van der Waals surface area (Å²) in [5.41, 5.74) is 0. The molecule has 0 saturated heterocycles. The molecule has 0 saturated carbocycles. The van der Waals surface area contributed by atoms with Crippen LogP contribution in [0.3, 0.4) is 0 Å². The lowest BCUT2D eigenvalue weighted by atomic mass is 10.1. The van der Waals surface area contributed by atoms with Crippen molar-refractivity contribution in [2.75, 3.05) is 6.54 Å². The Bertz CT molecular complexity index is 549. The molecule has 116 valence electrons. The first-order chi connectivity index (χ1) is 10.1. The second kappa shape index (κ2) is 8.06. The molecule has 0 bridgehead atoms. The zero-order valence-electron chi connectivity index (χ0n) is 12.8. The molecular weight excluding hydrogens is 348 g/mol. The van der Waals surface area contributed by atoms with Crippen LogP contribution in [0.25, 0.3) is 0 Å². The van der Waals surface area contributed by atoms with Crippen molar-refractivity contribution in [2.24, 2.45) is 5.92 Å². The van der Waals surface area contributed by atoms with Crippen LogP contribution in [0.2, 0.25) is 0 Å². The van der Waals surface area contributed by atoms with Gasteiger partial charge in [0, 0.05) is 23.9 Å². The van der Waals surface area contributed by atoms with Crippen molar-refractivity contribution in [3.63, 3.8) is 0 Å². The van der Waals surface area contributed by atoms with Crippen molar-refractivity contribution in [1.82, 2.24) is 20.1 Å². The van der Waals surface area contributed by atoms with Gasteiger partial charge in [-0.3, -0.25) is 0 Å². The van der Waals surface area contributed by atoms with E-state index in [0.29, 0.717) is 12.0 Å².